The van der Waals surface area contributed by atoms with Gasteiger partial charge in [0, 0.05) is 51.0 Å². The van der Waals surface area contributed by atoms with Gasteiger partial charge in [0.15, 0.2) is 23.2 Å². The SMILES string of the molecule is CON=C(C(=O)NC1C(=O)N2C(C(=O)O)=C(CSc3cc[n+]4ccccc4c3)SCC12)c1csc(N)n1. The highest BCUT2D eigenvalue weighted by molar-refractivity contribution is 8.06. The van der Waals surface area contributed by atoms with Crippen LogP contribution in [0, 0.1) is 0 Å². The zero-order valence-electron chi connectivity index (χ0n) is 19.4. The summed E-state index contributed by atoms with van der Waals surface area (Å²) in [6.07, 6.45) is 3.90. The minimum atomic E-state index is -1.18. The van der Waals surface area contributed by atoms with Gasteiger partial charge in [0.2, 0.25) is 5.52 Å². The van der Waals surface area contributed by atoms with Crippen LogP contribution in [0.4, 0.5) is 5.13 Å². The maximum atomic E-state index is 13.0. The van der Waals surface area contributed by atoms with Crippen LogP contribution in [-0.2, 0) is 19.2 Å². The second-order valence-electron chi connectivity index (χ2n) is 7.99. The number of thioether (sulfide) groups is 2. The van der Waals surface area contributed by atoms with Crippen molar-refractivity contribution in [2.24, 2.45) is 5.16 Å². The van der Waals surface area contributed by atoms with Crippen LogP contribution in [0.3, 0.4) is 0 Å². The molecular weight excluding hydrogens is 536 g/mol. The molecule has 0 spiro atoms. The third-order valence-corrected chi connectivity index (χ3v) is 8.86. The van der Waals surface area contributed by atoms with E-state index in [-0.39, 0.29) is 22.2 Å². The molecule has 0 aliphatic carbocycles. The lowest BCUT2D eigenvalue weighted by Gasteiger charge is -2.49. The van der Waals surface area contributed by atoms with Crippen LogP contribution >= 0.6 is 34.9 Å². The van der Waals surface area contributed by atoms with Crippen molar-refractivity contribution in [3.05, 3.63) is 64.4 Å². The molecule has 0 saturated carbocycles. The number of β-lactam (4-membered cyclic amide) rings is 1. The summed E-state index contributed by atoms with van der Waals surface area (Å²) in [4.78, 5) is 49.8. The number of aromatic nitrogens is 2. The van der Waals surface area contributed by atoms with Crippen molar-refractivity contribution in [2.45, 2.75) is 17.0 Å². The Morgan fingerprint density at radius 2 is 2.22 bits per heavy atom. The van der Waals surface area contributed by atoms with Gasteiger partial charge in [0.1, 0.15) is 24.5 Å². The van der Waals surface area contributed by atoms with Crippen molar-refractivity contribution in [2.75, 3.05) is 24.3 Å². The van der Waals surface area contributed by atoms with E-state index >= 15 is 0 Å². The number of rotatable bonds is 8. The van der Waals surface area contributed by atoms with Gasteiger partial charge >= 0.3 is 5.97 Å². The molecule has 37 heavy (non-hydrogen) atoms. The minimum absolute atomic E-state index is 0.0440. The Labute approximate surface area is 223 Å². The van der Waals surface area contributed by atoms with Gasteiger partial charge in [-0.3, -0.25) is 14.5 Å². The van der Waals surface area contributed by atoms with Crippen LogP contribution in [0.15, 0.2) is 68.8 Å². The molecule has 0 radical (unpaired) electrons. The first-order valence-electron chi connectivity index (χ1n) is 11.0. The van der Waals surface area contributed by atoms with E-state index < -0.39 is 29.9 Å². The van der Waals surface area contributed by atoms with E-state index in [1.165, 1.54) is 35.5 Å². The number of fused-ring (bicyclic) bond motifs is 2. The Kier molecular flexibility index (Phi) is 7.04. The summed E-state index contributed by atoms with van der Waals surface area (Å²) in [5, 5.41) is 18.1. The van der Waals surface area contributed by atoms with Crippen LogP contribution in [0.25, 0.3) is 5.52 Å². The van der Waals surface area contributed by atoms with E-state index in [0.717, 1.165) is 21.7 Å². The van der Waals surface area contributed by atoms with Gasteiger partial charge in [-0.25, -0.2) is 9.78 Å². The van der Waals surface area contributed by atoms with E-state index in [9.17, 15) is 19.5 Å². The molecular formula is C23H21N6O5S3+. The topological polar surface area (TPSA) is 151 Å². The number of oxime groups is 1. The molecule has 0 bridgehead atoms. The normalized spacial score (nSPS) is 19.4. The van der Waals surface area contributed by atoms with E-state index in [2.05, 4.69) is 15.5 Å². The summed E-state index contributed by atoms with van der Waals surface area (Å²) in [5.41, 5.74) is 6.73. The van der Waals surface area contributed by atoms with Crippen LogP contribution in [0.1, 0.15) is 5.69 Å². The first-order chi connectivity index (χ1) is 17.9. The first-order valence-corrected chi connectivity index (χ1v) is 13.8. The van der Waals surface area contributed by atoms with Crippen molar-refractivity contribution in [1.82, 2.24) is 15.2 Å². The van der Waals surface area contributed by atoms with E-state index in [4.69, 9.17) is 10.6 Å². The van der Waals surface area contributed by atoms with Crippen LogP contribution in [-0.4, -0.2) is 69.2 Å². The summed E-state index contributed by atoms with van der Waals surface area (Å²) in [5.74, 6) is -1.49. The highest BCUT2D eigenvalue weighted by Gasteiger charge is 2.54. The number of nitrogens with two attached hydrogens (primary N) is 1. The summed E-state index contributed by atoms with van der Waals surface area (Å²) in [6, 6.07) is 8.49. The van der Waals surface area contributed by atoms with Crippen molar-refractivity contribution in [3.63, 3.8) is 0 Å². The molecule has 2 atom stereocenters. The van der Waals surface area contributed by atoms with Gasteiger partial charge in [-0.15, -0.1) is 34.9 Å². The number of anilines is 1. The van der Waals surface area contributed by atoms with Crippen molar-refractivity contribution in [3.8, 4) is 0 Å². The number of thiazole rings is 1. The number of carbonyl (C=O) groups excluding carboxylic acids is 2. The number of pyridine rings is 2. The number of carbonyl (C=O) groups is 3. The monoisotopic (exact) mass is 557 g/mol. The van der Waals surface area contributed by atoms with Gasteiger partial charge in [-0.2, -0.15) is 4.40 Å². The molecule has 190 valence electrons. The molecule has 3 aromatic rings. The molecule has 2 amide bonds. The number of carboxylic acids is 1. The lowest BCUT2D eigenvalue weighted by Crippen LogP contribution is -2.73. The zero-order chi connectivity index (χ0) is 26.1. The molecule has 2 aliphatic rings. The molecule has 4 N–H and O–H groups in total. The molecule has 3 aromatic heterocycles. The van der Waals surface area contributed by atoms with Gasteiger partial charge in [-0.05, 0) is 6.07 Å². The van der Waals surface area contributed by atoms with Gasteiger partial charge in [-0.1, -0.05) is 5.16 Å². The largest absolute Gasteiger partial charge is 0.477 e. The van der Waals surface area contributed by atoms with Crippen LogP contribution < -0.4 is 15.5 Å². The molecule has 5 heterocycles. The molecule has 2 unspecified atom stereocenters. The lowest BCUT2D eigenvalue weighted by molar-refractivity contribution is -0.512. The van der Waals surface area contributed by atoms with Gasteiger partial charge in [0.05, 0.1) is 6.04 Å². The second kappa shape index (κ2) is 10.4. The first kappa shape index (κ1) is 25.0. The molecule has 5 rings (SSSR count). The second-order valence-corrected chi connectivity index (χ2v) is 11.0. The summed E-state index contributed by atoms with van der Waals surface area (Å²) in [6.45, 7) is 0. The highest BCUT2D eigenvalue weighted by Crippen LogP contribution is 2.41. The third kappa shape index (κ3) is 4.86. The average Bonchev–Trinajstić information content (AvgIpc) is 3.33. The number of amides is 2. The summed E-state index contributed by atoms with van der Waals surface area (Å²) >= 11 is 4.02. The Morgan fingerprint density at radius 3 is 2.95 bits per heavy atom. The molecule has 1 saturated heterocycles. The van der Waals surface area contributed by atoms with Gasteiger partial charge < -0.3 is 21.0 Å². The Balaban J connectivity index is 1.31. The van der Waals surface area contributed by atoms with E-state index in [1.54, 1.807) is 5.38 Å². The van der Waals surface area contributed by atoms with Crippen molar-refractivity contribution < 1.29 is 28.7 Å². The fourth-order valence-corrected chi connectivity index (χ4v) is 6.98. The Bertz CT molecular complexity index is 1470. The lowest BCUT2D eigenvalue weighted by atomic mass is 9.94. The fraction of sp³-hybridized carbons (Fsp3) is 0.217. The molecule has 1 fully saturated rings. The number of hydrogen-bond acceptors (Lipinski definition) is 10. The molecule has 0 aromatic carbocycles. The number of hydrogen-bond donors (Lipinski definition) is 3. The minimum Gasteiger partial charge on any atom is -0.477 e. The quantitative estimate of drug-likeness (QED) is 0.123. The predicted octanol–water partition coefficient (Wildman–Crippen LogP) is 1.35. The Hall–Kier alpha value is -3.62. The zero-order valence-corrected chi connectivity index (χ0v) is 21.8. The van der Waals surface area contributed by atoms with Crippen LogP contribution in [0.5, 0.6) is 0 Å². The number of nitrogens with zero attached hydrogens (tertiary/aromatic N) is 4. The smallest absolute Gasteiger partial charge is 0.353 e. The predicted molar refractivity (Wildman–Crippen MR) is 140 cm³/mol. The molecule has 11 nitrogen and oxygen atoms in total. The maximum absolute atomic E-state index is 13.0. The van der Waals surface area contributed by atoms with E-state index in [1.807, 2.05) is 47.1 Å². The van der Waals surface area contributed by atoms with Crippen LogP contribution in [0.2, 0.25) is 0 Å². The summed E-state index contributed by atoms with van der Waals surface area (Å²) in [7, 11) is 1.29. The Morgan fingerprint density at radius 1 is 1.38 bits per heavy atom. The number of nitrogens with one attached hydrogen (secondary N) is 1. The molecule has 14 heteroatoms. The van der Waals surface area contributed by atoms with Crippen molar-refractivity contribution >= 4 is 69.0 Å². The van der Waals surface area contributed by atoms with E-state index in [0.29, 0.717) is 16.4 Å². The van der Waals surface area contributed by atoms with Gasteiger partial charge in [0.25, 0.3) is 11.8 Å². The number of carboxylic acid groups (broad SMARTS) is 1. The molecule has 2 aliphatic heterocycles. The summed E-state index contributed by atoms with van der Waals surface area (Å²) < 4.78 is 1.99. The number of aliphatic carboxylic acids is 1. The highest BCUT2D eigenvalue weighted by atomic mass is 32.2. The number of nitrogen functional groups attached to an aromatic ring is 1. The average molecular weight is 558 g/mol. The third-order valence-electron chi connectivity index (χ3n) is 5.79. The standard InChI is InChI=1S/C23H20N6O5S3/c1-34-27-17(14-9-37-23(24)25-14)20(30)26-18-15-10-36-16(19(22(32)33)29(15)21(18)31)11-35-13-5-7-28-6-3-2-4-12(28)8-13/h2-9,15,18H,10-11H2,1H3,(H3-,24,25,26,30,32,33)/p+1. The fourth-order valence-electron chi connectivity index (χ4n) is 4.09. The van der Waals surface area contributed by atoms with Crippen molar-refractivity contribution in [1.29, 1.82) is 0 Å². The maximum Gasteiger partial charge on any atom is 0.353 e.